The lowest BCUT2D eigenvalue weighted by Crippen LogP contribution is -2.56. The SMILES string of the molecule is O=C(/C=C/c1cc(F)cc(F)c1)N1CCC([C@H](O)CN2CCC3(CNc4cc(Cl)ccc43)[C@H](O)C2)CC1. The van der Waals surface area contributed by atoms with E-state index in [4.69, 9.17) is 11.6 Å². The van der Waals surface area contributed by atoms with Gasteiger partial charge in [0, 0.05) is 61.0 Å². The molecule has 0 saturated carbocycles. The Hall–Kier alpha value is -2.52. The monoisotopic (exact) mass is 531 g/mol. The maximum absolute atomic E-state index is 13.3. The quantitative estimate of drug-likeness (QED) is 0.513. The minimum Gasteiger partial charge on any atom is -0.392 e. The van der Waals surface area contributed by atoms with Gasteiger partial charge in [-0.25, -0.2) is 8.78 Å². The van der Waals surface area contributed by atoms with Crippen LogP contribution < -0.4 is 5.32 Å². The van der Waals surface area contributed by atoms with Crippen molar-refractivity contribution in [2.45, 2.75) is 36.9 Å². The number of amides is 1. The number of β-amino-alcohol motifs (C(OH)–C–C–N with tert-alkyl or cyclic N) is 2. The minimum atomic E-state index is -0.687. The normalized spacial score (nSPS) is 25.4. The number of carbonyl (C=O) groups is 1. The highest BCUT2D eigenvalue weighted by Gasteiger charge is 2.48. The summed E-state index contributed by atoms with van der Waals surface area (Å²) < 4.78 is 26.7. The summed E-state index contributed by atoms with van der Waals surface area (Å²) in [6, 6.07) is 8.92. The second-order valence-electron chi connectivity index (χ2n) is 10.5. The van der Waals surface area contributed by atoms with Crippen LogP contribution >= 0.6 is 11.6 Å². The van der Waals surface area contributed by atoms with Crippen LogP contribution in [0.1, 0.15) is 30.4 Å². The second kappa shape index (κ2) is 10.7. The first-order valence-electron chi connectivity index (χ1n) is 12.8. The van der Waals surface area contributed by atoms with Gasteiger partial charge >= 0.3 is 0 Å². The summed E-state index contributed by atoms with van der Waals surface area (Å²) >= 11 is 6.13. The molecule has 2 aromatic carbocycles. The fourth-order valence-electron chi connectivity index (χ4n) is 6.03. The highest BCUT2D eigenvalue weighted by molar-refractivity contribution is 6.30. The molecule has 3 aliphatic rings. The zero-order valence-electron chi connectivity index (χ0n) is 20.5. The molecule has 2 fully saturated rings. The molecule has 1 spiro atoms. The summed E-state index contributed by atoms with van der Waals surface area (Å²) in [6.07, 6.45) is 3.79. The van der Waals surface area contributed by atoms with Gasteiger partial charge in [-0.05, 0) is 73.2 Å². The molecule has 37 heavy (non-hydrogen) atoms. The molecule has 198 valence electrons. The molecule has 9 heteroatoms. The topological polar surface area (TPSA) is 76.0 Å². The summed E-state index contributed by atoms with van der Waals surface area (Å²) in [5, 5.41) is 26.2. The lowest BCUT2D eigenvalue weighted by Gasteiger charge is -2.44. The molecule has 2 aromatic rings. The van der Waals surface area contributed by atoms with E-state index in [1.165, 1.54) is 24.3 Å². The van der Waals surface area contributed by atoms with Crippen LogP contribution in [0.5, 0.6) is 0 Å². The van der Waals surface area contributed by atoms with Crippen molar-refractivity contribution in [3.8, 4) is 0 Å². The van der Waals surface area contributed by atoms with E-state index in [2.05, 4.69) is 10.2 Å². The number of fused-ring (bicyclic) bond motifs is 2. The van der Waals surface area contributed by atoms with E-state index in [9.17, 15) is 23.8 Å². The van der Waals surface area contributed by atoms with Gasteiger partial charge in [-0.1, -0.05) is 17.7 Å². The molecule has 0 aromatic heterocycles. The van der Waals surface area contributed by atoms with E-state index in [1.807, 2.05) is 18.2 Å². The number of halogens is 3. The lowest BCUT2D eigenvalue weighted by atomic mass is 9.72. The molecule has 6 nitrogen and oxygen atoms in total. The number of benzene rings is 2. The van der Waals surface area contributed by atoms with Crippen LogP contribution in [0.4, 0.5) is 14.5 Å². The maximum atomic E-state index is 13.3. The van der Waals surface area contributed by atoms with Crippen LogP contribution in [0.25, 0.3) is 6.08 Å². The number of carbonyl (C=O) groups excluding carboxylic acids is 1. The molecule has 3 heterocycles. The highest BCUT2D eigenvalue weighted by Crippen LogP contribution is 2.45. The van der Waals surface area contributed by atoms with Crippen molar-refractivity contribution in [1.82, 2.24) is 9.80 Å². The van der Waals surface area contributed by atoms with Crippen LogP contribution in [0, 0.1) is 17.6 Å². The third-order valence-corrected chi connectivity index (χ3v) is 8.43. The van der Waals surface area contributed by atoms with Gasteiger partial charge in [0.15, 0.2) is 0 Å². The fourth-order valence-corrected chi connectivity index (χ4v) is 6.20. The Morgan fingerprint density at radius 2 is 1.89 bits per heavy atom. The Morgan fingerprint density at radius 1 is 1.16 bits per heavy atom. The molecule has 3 N–H and O–H groups in total. The fraction of sp³-hybridized carbons (Fsp3) is 0.464. The molecule has 2 saturated heterocycles. The Balaban J connectivity index is 1.11. The van der Waals surface area contributed by atoms with Crippen LogP contribution in [-0.2, 0) is 10.2 Å². The standard InChI is InChI=1S/C28H32ClF2N3O3/c29-20-2-3-23-24(13-20)32-17-28(23)7-10-33(16-26(28)36)15-25(35)19-5-8-34(9-6-19)27(37)4-1-18-11-21(30)14-22(31)12-18/h1-4,11-14,19,25-26,32,35-36H,5-10,15-17H2/b4-1+/t25-,26-,28?/m1/s1. The summed E-state index contributed by atoms with van der Waals surface area (Å²) in [4.78, 5) is 16.4. The molecular formula is C28H32ClF2N3O3. The Morgan fingerprint density at radius 3 is 2.59 bits per heavy atom. The van der Waals surface area contributed by atoms with Gasteiger partial charge in [0.05, 0.1) is 12.2 Å². The van der Waals surface area contributed by atoms with Gasteiger partial charge < -0.3 is 20.4 Å². The smallest absolute Gasteiger partial charge is 0.246 e. The number of anilines is 1. The summed E-state index contributed by atoms with van der Waals surface area (Å²) in [6.45, 7) is 3.45. The summed E-state index contributed by atoms with van der Waals surface area (Å²) in [7, 11) is 0. The number of hydrogen-bond acceptors (Lipinski definition) is 5. The third kappa shape index (κ3) is 5.53. The van der Waals surface area contributed by atoms with Crippen molar-refractivity contribution in [1.29, 1.82) is 0 Å². The predicted octanol–water partition coefficient (Wildman–Crippen LogP) is 3.66. The first-order valence-corrected chi connectivity index (χ1v) is 13.2. The van der Waals surface area contributed by atoms with E-state index in [-0.39, 0.29) is 17.2 Å². The predicted molar refractivity (Wildman–Crippen MR) is 139 cm³/mol. The van der Waals surface area contributed by atoms with Gasteiger partial charge in [-0.15, -0.1) is 0 Å². The average Bonchev–Trinajstić information content (AvgIpc) is 3.23. The van der Waals surface area contributed by atoms with E-state index < -0.39 is 23.8 Å². The van der Waals surface area contributed by atoms with Crippen molar-refractivity contribution < 1.29 is 23.8 Å². The van der Waals surface area contributed by atoms with Crippen molar-refractivity contribution in [3.05, 3.63) is 70.3 Å². The molecule has 0 bridgehead atoms. The number of aliphatic hydroxyl groups excluding tert-OH is 2. The highest BCUT2D eigenvalue weighted by atomic mass is 35.5. The third-order valence-electron chi connectivity index (χ3n) is 8.20. The van der Waals surface area contributed by atoms with E-state index in [0.29, 0.717) is 56.2 Å². The van der Waals surface area contributed by atoms with Crippen LogP contribution in [-0.4, -0.2) is 77.4 Å². The van der Waals surface area contributed by atoms with Gasteiger partial charge in [0.25, 0.3) is 0 Å². The largest absolute Gasteiger partial charge is 0.392 e. The van der Waals surface area contributed by atoms with Crippen molar-refractivity contribution >= 4 is 29.3 Å². The average molecular weight is 532 g/mol. The minimum absolute atomic E-state index is 0.0642. The van der Waals surface area contributed by atoms with Gasteiger partial charge in [-0.3, -0.25) is 9.69 Å². The molecule has 0 radical (unpaired) electrons. The maximum Gasteiger partial charge on any atom is 0.246 e. The number of piperidine rings is 2. The van der Waals surface area contributed by atoms with E-state index in [0.717, 1.165) is 30.3 Å². The van der Waals surface area contributed by atoms with Crippen molar-refractivity contribution in [3.63, 3.8) is 0 Å². The number of rotatable bonds is 5. The summed E-state index contributed by atoms with van der Waals surface area (Å²) in [5.74, 6) is -1.52. The zero-order chi connectivity index (χ0) is 26.2. The van der Waals surface area contributed by atoms with Crippen molar-refractivity contribution in [2.75, 3.05) is 44.6 Å². The Bertz CT molecular complexity index is 1170. The van der Waals surface area contributed by atoms with Gasteiger partial charge in [0.1, 0.15) is 11.6 Å². The van der Waals surface area contributed by atoms with Crippen molar-refractivity contribution in [2.24, 2.45) is 5.92 Å². The molecule has 0 aliphatic carbocycles. The molecule has 5 rings (SSSR count). The molecule has 3 aliphatic heterocycles. The molecular weight excluding hydrogens is 500 g/mol. The number of likely N-dealkylation sites (tertiary alicyclic amines) is 2. The molecule has 3 atom stereocenters. The van der Waals surface area contributed by atoms with E-state index >= 15 is 0 Å². The molecule has 1 unspecified atom stereocenters. The summed E-state index contributed by atoms with van der Waals surface area (Å²) in [5.41, 5.74) is 2.05. The van der Waals surface area contributed by atoms with Crippen LogP contribution in [0.2, 0.25) is 5.02 Å². The molecule has 1 amide bonds. The van der Waals surface area contributed by atoms with Gasteiger partial charge in [-0.2, -0.15) is 0 Å². The second-order valence-corrected chi connectivity index (χ2v) is 10.9. The zero-order valence-corrected chi connectivity index (χ0v) is 21.3. The van der Waals surface area contributed by atoms with Crippen LogP contribution in [0.15, 0.2) is 42.5 Å². The number of hydrogen-bond donors (Lipinski definition) is 3. The Labute approximate surface area is 220 Å². The number of nitrogens with zero attached hydrogens (tertiary/aromatic N) is 2. The number of nitrogens with one attached hydrogen (secondary N) is 1. The van der Waals surface area contributed by atoms with Gasteiger partial charge in [0.2, 0.25) is 5.91 Å². The first-order chi connectivity index (χ1) is 17.7. The van der Waals surface area contributed by atoms with E-state index in [1.54, 1.807) is 4.90 Å². The lowest BCUT2D eigenvalue weighted by molar-refractivity contribution is -0.128. The van der Waals surface area contributed by atoms with Crippen LogP contribution in [0.3, 0.4) is 0 Å². The first kappa shape index (κ1) is 26.1. The Kier molecular flexibility index (Phi) is 7.54. The number of aliphatic hydroxyl groups is 2.